The smallest absolute Gasteiger partial charge is 0.226 e. The molecule has 0 bridgehead atoms. The fourth-order valence-corrected chi connectivity index (χ4v) is 12.6. The number of carbonyl (C=O) groups is 2. The average molecular weight is 627 g/mol. The summed E-state index contributed by atoms with van der Waals surface area (Å²) in [6.45, 7) is 15.3. The summed E-state index contributed by atoms with van der Waals surface area (Å²) in [6.07, 6.45) is 0.748. The highest BCUT2D eigenvalue weighted by Gasteiger charge is 2.44. The number of aryl methyl sites for hydroxylation is 6. The second kappa shape index (κ2) is 13.4. The minimum absolute atomic E-state index is 0.341. The summed E-state index contributed by atoms with van der Waals surface area (Å²) in [6, 6.07) is 25.9. The zero-order chi connectivity index (χ0) is 32.4. The van der Waals surface area contributed by atoms with Gasteiger partial charge in [0, 0.05) is 33.1 Å². The Bertz CT molecular complexity index is 1610. The molecule has 230 valence electrons. The molecule has 0 aliphatic heterocycles. The van der Waals surface area contributed by atoms with Gasteiger partial charge in [-0.3, -0.25) is 9.59 Å². The van der Waals surface area contributed by atoms with Crippen molar-refractivity contribution < 1.29 is 18.7 Å². The van der Waals surface area contributed by atoms with Crippen LogP contribution in [0.1, 0.15) is 80.8 Å². The molecule has 0 saturated heterocycles. The van der Waals surface area contributed by atoms with Gasteiger partial charge in [-0.15, -0.1) is 0 Å². The lowest BCUT2D eigenvalue weighted by atomic mass is 10.0. The van der Waals surface area contributed by atoms with Gasteiger partial charge in [0.1, 0.15) is 0 Å². The van der Waals surface area contributed by atoms with Gasteiger partial charge in [0.15, 0.2) is 14.3 Å². The van der Waals surface area contributed by atoms with Crippen molar-refractivity contribution in [2.75, 3.05) is 0 Å². The molecule has 6 heteroatoms. The van der Waals surface area contributed by atoms with E-state index in [2.05, 4.69) is 0 Å². The van der Waals surface area contributed by atoms with Crippen molar-refractivity contribution in [1.82, 2.24) is 0 Å². The van der Waals surface area contributed by atoms with Crippen LogP contribution in [0.5, 0.6) is 0 Å². The van der Waals surface area contributed by atoms with Gasteiger partial charge < -0.3 is 9.13 Å². The minimum Gasteiger partial charge on any atom is -0.310 e. The molecule has 4 aromatic rings. The van der Waals surface area contributed by atoms with Crippen LogP contribution in [0.15, 0.2) is 84.9 Å². The molecule has 4 rings (SSSR count). The van der Waals surface area contributed by atoms with E-state index >= 15 is 9.13 Å². The number of benzene rings is 4. The highest BCUT2D eigenvalue weighted by molar-refractivity contribution is 7.88. The van der Waals surface area contributed by atoms with Crippen molar-refractivity contribution in [2.45, 2.75) is 79.5 Å². The van der Waals surface area contributed by atoms with Gasteiger partial charge in [-0.05, 0) is 76.6 Å². The molecule has 0 radical (unpaired) electrons. The Labute approximate surface area is 263 Å². The predicted octanol–water partition coefficient (Wildman–Crippen LogP) is 9.45. The highest BCUT2D eigenvalue weighted by atomic mass is 31.2. The summed E-state index contributed by atoms with van der Waals surface area (Å²) in [7, 11) is -7.28. The highest BCUT2D eigenvalue weighted by Crippen LogP contribution is 2.58. The Hall–Kier alpha value is -3.32. The Morgan fingerprint density at radius 1 is 0.523 bits per heavy atom. The molecule has 0 spiro atoms. The normalized spacial score (nSPS) is 15.5. The van der Waals surface area contributed by atoms with Crippen LogP contribution in [0.2, 0.25) is 0 Å². The van der Waals surface area contributed by atoms with E-state index in [9.17, 15) is 9.59 Å². The lowest BCUT2D eigenvalue weighted by molar-refractivity contribution is 0.106. The Kier molecular flexibility index (Phi) is 10.2. The van der Waals surface area contributed by atoms with Gasteiger partial charge in [-0.25, -0.2) is 0 Å². The molecule has 0 N–H and O–H groups in total. The Balaban J connectivity index is 1.74. The fourth-order valence-electron chi connectivity index (χ4n) is 6.66. The van der Waals surface area contributed by atoms with E-state index in [-0.39, 0.29) is 11.0 Å². The van der Waals surface area contributed by atoms with Crippen molar-refractivity contribution in [3.05, 3.63) is 129 Å². The van der Waals surface area contributed by atoms with Crippen LogP contribution in [-0.2, 0) is 9.13 Å². The van der Waals surface area contributed by atoms with Gasteiger partial charge in [0.2, 0.25) is 11.0 Å². The van der Waals surface area contributed by atoms with Crippen molar-refractivity contribution in [3.8, 4) is 0 Å². The molecule has 4 unspecified atom stereocenters. The van der Waals surface area contributed by atoms with Crippen LogP contribution in [0.4, 0.5) is 0 Å². The quantitative estimate of drug-likeness (QED) is 0.156. The van der Waals surface area contributed by atoms with E-state index < -0.39 is 25.6 Å². The molecular formula is C38H44O4P2. The average Bonchev–Trinajstić information content (AvgIpc) is 2.98. The summed E-state index contributed by atoms with van der Waals surface area (Å²) in [5.74, 6) is 0. The van der Waals surface area contributed by atoms with Crippen LogP contribution in [0, 0.1) is 41.5 Å². The first-order chi connectivity index (χ1) is 20.7. The first-order valence-electron chi connectivity index (χ1n) is 15.3. The van der Waals surface area contributed by atoms with Gasteiger partial charge in [0.05, 0.1) is 0 Å². The van der Waals surface area contributed by atoms with Crippen LogP contribution in [-0.4, -0.2) is 22.4 Å². The zero-order valence-electron chi connectivity index (χ0n) is 27.2. The Morgan fingerprint density at radius 3 is 1.07 bits per heavy atom. The fraction of sp³-hybridized carbons (Fsp3) is 0.316. The molecule has 0 aliphatic rings. The first kappa shape index (κ1) is 33.6. The van der Waals surface area contributed by atoms with E-state index in [1.54, 1.807) is 24.3 Å². The molecule has 44 heavy (non-hydrogen) atoms. The summed E-state index contributed by atoms with van der Waals surface area (Å²) < 4.78 is 30.3. The minimum atomic E-state index is -3.64. The Morgan fingerprint density at radius 2 is 0.795 bits per heavy atom. The van der Waals surface area contributed by atoms with Gasteiger partial charge >= 0.3 is 0 Å². The lowest BCUT2D eigenvalue weighted by Gasteiger charge is -2.29. The number of hydrogen-bond donors (Lipinski definition) is 0. The molecule has 0 amide bonds. The maximum Gasteiger partial charge on any atom is 0.226 e. The molecule has 4 nitrogen and oxygen atoms in total. The van der Waals surface area contributed by atoms with Crippen molar-refractivity contribution >= 4 is 35.9 Å². The molecule has 0 aromatic heterocycles. The van der Waals surface area contributed by atoms with Crippen LogP contribution in [0.3, 0.4) is 0 Å². The van der Waals surface area contributed by atoms with Crippen LogP contribution in [0.25, 0.3) is 0 Å². The SMILES string of the molecule is Cc1cc(C)c(C(=O)P(=O)(c2ccccc2)C(C)CCC(C)P(=O)(C(=O)c2c(C)cc(C)cc2C)c2ccccc2)c(C)c1. The van der Waals surface area contributed by atoms with Gasteiger partial charge in [-0.1, -0.05) is 110 Å². The zero-order valence-corrected chi connectivity index (χ0v) is 29.0. The number of rotatable bonds is 11. The summed E-state index contributed by atoms with van der Waals surface area (Å²) in [4.78, 5) is 28.7. The van der Waals surface area contributed by atoms with Gasteiger partial charge in [0.25, 0.3) is 0 Å². The third kappa shape index (κ3) is 6.26. The topological polar surface area (TPSA) is 68.3 Å². The molecule has 0 saturated carbocycles. The molecule has 0 heterocycles. The summed E-state index contributed by atoms with van der Waals surface area (Å²) in [5, 5.41) is 1.05. The number of carbonyl (C=O) groups excluding carboxylic acids is 2. The van der Waals surface area contributed by atoms with E-state index in [1.807, 2.05) is 116 Å². The van der Waals surface area contributed by atoms with E-state index in [1.165, 1.54) is 0 Å². The third-order valence-corrected chi connectivity index (χ3v) is 15.7. The van der Waals surface area contributed by atoms with Crippen molar-refractivity contribution in [1.29, 1.82) is 0 Å². The second-order valence-electron chi connectivity index (χ2n) is 12.4. The molecule has 0 aliphatic carbocycles. The molecule has 0 fully saturated rings. The van der Waals surface area contributed by atoms with Gasteiger partial charge in [-0.2, -0.15) is 0 Å². The van der Waals surface area contributed by atoms with E-state index in [0.29, 0.717) is 34.6 Å². The summed E-state index contributed by atoms with van der Waals surface area (Å²) in [5.41, 5.74) is 4.64. The molecule has 4 aromatic carbocycles. The maximum atomic E-state index is 15.1. The lowest BCUT2D eigenvalue weighted by Crippen LogP contribution is -2.26. The van der Waals surface area contributed by atoms with Crippen molar-refractivity contribution in [3.63, 3.8) is 0 Å². The monoisotopic (exact) mass is 626 g/mol. The van der Waals surface area contributed by atoms with Crippen molar-refractivity contribution in [2.24, 2.45) is 0 Å². The first-order valence-corrected chi connectivity index (χ1v) is 18.8. The number of hydrogen-bond acceptors (Lipinski definition) is 4. The van der Waals surface area contributed by atoms with Crippen LogP contribution >= 0.6 is 14.3 Å². The van der Waals surface area contributed by atoms with E-state index in [4.69, 9.17) is 0 Å². The largest absolute Gasteiger partial charge is 0.310 e. The maximum absolute atomic E-state index is 15.1. The molecule has 4 atom stereocenters. The van der Waals surface area contributed by atoms with Crippen LogP contribution < -0.4 is 10.6 Å². The molecular weight excluding hydrogens is 582 g/mol. The third-order valence-electron chi connectivity index (χ3n) is 8.91. The standard InChI is InChI=1S/C38H44O4P2/c1-25-21-27(3)35(28(4)22-25)37(39)43(41,33-15-11-9-12-16-33)31(7)19-20-32(8)44(42,34-17-13-10-14-18-34)38(40)36-29(5)23-26(2)24-30(36)6/h9-18,21-24,31-32H,19-20H2,1-8H3. The van der Waals surface area contributed by atoms with E-state index in [0.717, 1.165) is 33.4 Å². The predicted molar refractivity (Wildman–Crippen MR) is 185 cm³/mol. The summed E-state index contributed by atoms with van der Waals surface area (Å²) >= 11 is 0. The second-order valence-corrected chi connectivity index (χ2v) is 18.7.